The van der Waals surface area contributed by atoms with Gasteiger partial charge in [-0.25, -0.2) is 9.59 Å². The first-order valence-electron chi connectivity index (χ1n) is 6.68. The van der Waals surface area contributed by atoms with E-state index < -0.39 is 24.2 Å². The molecule has 6 heteroatoms. The Morgan fingerprint density at radius 2 is 1.86 bits per heavy atom. The van der Waals surface area contributed by atoms with Gasteiger partial charge in [-0.2, -0.15) is 0 Å². The lowest BCUT2D eigenvalue weighted by Gasteiger charge is -2.24. The molecule has 0 saturated heterocycles. The summed E-state index contributed by atoms with van der Waals surface area (Å²) >= 11 is 0. The maximum absolute atomic E-state index is 11.7. The number of benzene rings is 1. The van der Waals surface area contributed by atoms with Crippen molar-refractivity contribution >= 4 is 12.1 Å². The number of ether oxygens (including phenoxy) is 2. The second kappa shape index (κ2) is 8.26. The maximum atomic E-state index is 11.7. The maximum Gasteiger partial charge on any atom is 0.408 e. The van der Waals surface area contributed by atoms with Crippen LogP contribution in [0, 0.1) is 5.92 Å². The summed E-state index contributed by atoms with van der Waals surface area (Å²) in [5.74, 6) is -0.934. The van der Waals surface area contributed by atoms with Gasteiger partial charge in [-0.15, -0.1) is 0 Å². The van der Waals surface area contributed by atoms with Crippen LogP contribution in [0.1, 0.15) is 19.4 Å². The molecule has 1 amide bonds. The molecule has 2 unspecified atom stereocenters. The van der Waals surface area contributed by atoms with Crippen molar-refractivity contribution in [3.05, 3.63) is 35.9 Å². The monoisotopic (exact) mass is 295 g/mol. The first-order chi connectivity index (χ1) is 9.95. The summed E-state index contributed by atoms with van der Waals surface area (Å²) in [6.45, 7) is 3.55. The molecule has 0 aliphatic rings. The van der Waals surface area contributed by atoms with Crippen LogP contribution in [0.15, 0.2) is 30.3 Å². The van der Waals surface area contributed by atoms with E-state index in [0.29, 0.717) is 0 Å². The molecule has 2 atom stereocenters. The molecule has 0 bridgehead atoms. The lowest BCUT2D eigenvalue weighted by molar-refractivity contribution is -0.146. The summed E-state index contributed by atoms with van der Waals surface area (Å²) in [6, 6.07) is 7.99. The summed E-state index contributed by atoms with van der Waals surface area (Å²) in [6.07, 6.45) is -1.84. The van der Waals surface area contributed by atoms with E-state index in [9.17, 15) is 14.7 Å². The number of hydrogen-bond acceptors (Lipinski definition) is 5. The van der Waals surface area contributed by atoms with Gasteiger partial charge in [0, 0.05) is 0 Å². The summed E-state index contributed by atoms with van der Waals surface area (Å²) in [5, 5.41) is 12.3. The van der Waals surface area contributed by atoms with E-state index in [1.165, 1.54) is 7.11 Å². The van der Waals surface area contributed by atoms with Gasteiger partial charge in [0.05, 0.1) is 13.2 Å². The Morgan fingerprint density at radius 3 is 2.38 bits per heavy atom. The molecular weight excluding hydrogens is 274 g/mol. The lowest BCUT2D eigenvalue weighted by Crippen LogP contribution is -2.51. The molecule has 2 N–H and O–H groups in total. The van der Waals surface area contributed by atoms with E-state index >= 15 is 0 Å². The van der Waals surface area contributed by atoms with Crippen molar-refractivity contribution in [3.63, 3.8) is 0 Å². The predicted octanol–water partition coefficient (Wildman–Crippen LogP) is 1.47. The van der Waals surface area contributed by atoms with Gasteiger partial charge in [-0.1, -0.05) is 44.2 Å². The Balaban J connectivity index is 2.58. The molecule has 0 aliphatic carbocycles. The number of rotatable bonds is 6. The molecule has 0 radical (unpaired) electrons. The van der Waals surface area contributed by atoms with E-state index in [1.807, 2.05) is 30.3 Å². The van der Waals surface area contributed by atoms with Crippen molar-refractivity contribution < 1.29 is 24.2 Å². The molecule has 1 aromatic carbocycles. The second-order valence-electron chi connectivity index (χ2n) is 4.94. The average molecular weight is 295 g/mol. The third-order valence-corrected chi connectivity index (χ3v) is 2.97. The fourth-order valence-corrected chi connectivity index (χ4v) is 1.69. The number of methoxy groups -OCH3 is 1. The number of carbonyl (C=O) groups is 2. The lowest BCUT2D eigenvalue weighted by atomic mass is 10.00. The van der Waals surface area contributed by atoms with E-state index in [2.05, 4.69) is 10.1 Å². The molecule has 1 rings (SSSR count). The quantitative estimate of drug-likeness (QED) is 0.776. The highest BCUT2D eigenvalue weighted by atomic mass is 16.6. The molecule has 116 valence electrons. The Labute approximate surface area is 124 Å². The van der Waals surface area contributed by atoms with Gasteiger partial charge >= 0.3 is 12.1 Å². The largest absolute Gasteiger partial charge is 0.467 e. The van der Waals surface area contributed by atoms with E-state index in [1.54, 1.807) is 13.8 Å². The molecule has 0 aromatic heterocycles. The minimum absolute atomic E-state index is 0.0817. The number of alkyl carbamates (subject to hydrolysis) is 1. The molecule has 0 saturated carbocycles. The van der Waals surface area contributed by atoms with Gasteiger partial charge in [-0.3, -0.25) is 0 Å². The Morgan fingerprint density at radius 1 is 1.24 bits per heavy atom. The van der Waals surface area contributed by atoms with Gasteiger partial charge in [0.25, 0.3) is 0 Å². The standard InChI is InChI=1S/C15H21NO5/c1-10(2)13(17)12(14(18)20-3)16-15(19)21-9-11-7-5-4-6-8-11/h4-8,10,12-13,17H,9H2,1-3H3,(H,16,19). The van der Waals surface area contributed by atoms with Crippen LogP contribution in [0.25, 0.3) is 0 Å². The second-order valence-corrected chi connectivity index (χ2v) is 4.94. The normalized spacial score (nSPS) is 13.4. The number of nitrogens with one attached hydrogen (secondary N) is 1. The number of amides is 1. The fraction of sp³-hybridized carbons (Fsp3) is 0.467. The summed E-state index contributed by atoms with van der Waals surface area (Å²) in [5.41, 5.74) is 0.826. The van der Waals surface area contributed by atoms with Gasteiger partial charge in [0.1, 0.15) is 6.61 Å². The number of esters is 1. The zero-order chi connectivity index (χ0) is 15.8. The SMILES string of the molecule is COC(=O)C(NC(=O)OCc1ccccc1)C(O)C(C)C. The predicted molar refractivity (Wildman–Crippen MR) is 76.4 cm³/mol. The van der Waals surface area contributed by atoms with Crippen molar-refractivity contribution in [2.75, 3.05) is 7.11 Å². The van der Waals surface area contributed by atoms with Crippen LogP contribution >= 0.6 is 0 Å². The molecule has 6 nitrogen and oxygen atoms in total. The van der Waals surface area contributed by atoms with Gasteiger partial charge in [-0.05, 0) is 11.5 Å². The first kappa shape index (κ1) is 17.0. The van der Waals surface area contributed by atoms with Crippen LogP contribution in [0.3, 0.4) is 0 Å². The van der Waals surface area contributed by atoms with Crippen LogP contribution in [-0.2, 0) is 20.9 Å². The molecule has 0 heterocycles. The van der Waals surface area contributed by atoms with Crippen LogP contribution in [0.2, 0.25) is 0 Å². The molecule has 21 heavy (non-hydrogen) atoms. The number of carbonyl (C=O) groups excluding carboxylic acids is 2. The minimum Gasteiger partial charge on any atom is -0.467 e. The van der Waals surface area contributed by atoms with Crippen LogP contribution in [0.4, 0.5) is 4.79 Å². The van der Waals surface area contributed by atoms with Gasteiger partial charge < -0.3 is 19.9 Å². The zero-order valence-corrected chi connectivity index (χ0v) is 12.4. The third-order valence-electron chi connectivity index (χ3n) is 2.97. The van der Waals surface area contributed by atoms with Crippen molar-refractivity contribution in [3.8, 4) is 0 Å². The number of aliphatic hydroxyl groups excluding tert-OH is 1. The van der Waals surface area contributed by atoms with Crippen molar-refractivity contribution in [2.45, 2.75) is 32.6 Å². The highest BCUT2D eigenvalue weighted by Crippen LogP contribution is 2.09. The molecule has 1 aromatic rings. The van der Waals surface area contributed by atoms with E-state index in [4.69, 9.17) is 4.74 Å². The average Bonchev–Trinajstić information content (AvgIpc) is 2.50. The molecule has 0 fully saturated rings. The Hall–Kier alpha value is -2.08. The van der Waals surface area contributed by atoms with Crippen molar-refractivity contribution in [1.82, 2.24) is 5.32 Å². The fourth-order valence-electron chi connectivity index (χ4n) is 1.69. The topological polar surface area (TPSA) is 84.9 Å². The molecule has 0 spiro atoms. The summed E-state index contributed by atoms with van der Waals surface area (Å²) in [7, 11) is 1.19. The van der Waals surface area contributed by atoms with Crippen molar-refractivity contribution in [2.24, 2.45) is 5.92 Å². The van der Waals surface area contributed by atoms with Gasteiger partial charge in [0.15, 0.2) is 6.04 Å². The number of hydrogen-bond donors (Lipinski definition) is 2. The van der Waals surface area contributed by atoms with Gasteiger partial charge in [0.2, 0.25) is 0 Å². The third kappa shape index (κ3) is 5.43. The minimum atomic E-state index is -1.15. The summed E-state index contributed by atoms with van der Waals surface area (Å²) in [4.78, 5) is 23.3. The smallest absolute Gasteiger partial charge is 0.408 e. The highest BCUT2D eigenvalue weighted by molar-refractivity contribution is 5.81. The number of aliphatic hydroxyl groups is 1. The zero-order valence-electron chi connectivity index (χ0n) is 12.4. The molecular formula is C15H21NO5. The van der Waals surface area contributed by atoms with E-state index in [0.717, 1.165) is 5.56 Å². The van der Waals surface area contributed by atoms with Crippen LogP contribution < -0.4 is 5.32 Å². The van der Waals surface area contributed by atoms with Crippen molar-refractivity contribution in [1.29, 1.82) is 0 Å². The van der Waals surface area contributed by atoms with E-state index in [-0.39, 0.29) is 12.5 Å². The first-order valence-corrected chi connectivity index (χ1v) is 6.68. The van der Waals surface area contributed by atoms with Crippen LogP contribution in [0.5, 0.6) is 0 Å². The Bertz CT molecular complexity index is 460. The summed E-state index contributed by atoms with van der Waals surface area (Å²) < 4.78 is 9.59. The van der Waals surface area contributed by atoms with Crippen LogP contribution in [-0.4, -0.2) is 36.4 Å². The molecule has 0 aliphatic heterocycles. The Kier molecular flexibility index (Phi) is 6.68. The highest BCUT2D eigenvalue weighted by Gasteiger charge is 2.31.